The zero-order valence-electron chi connectivity index (χ0n) is 8.95. The molecule has 1 aromatic rings. The fourth-order valence-electron chi connectivity index (χ4n) is 1.19. The number of imide groups is 1. The van der Waals surface area contributed by atoms with Crippen LogP contribution in [0.15, 0.2) is 29.2 Å². The van der Waals surface area contributed by atoms with Gasteiger partial charge in [-0.2, -0.15) is 4.31 Å². The Bertz CT molecular complexity index is 536. The second-order valence-electron chi connectivity index (χ2n) is 3.20. The van der Waals surface area contributed by atoms with Crippen molar-refractivity contribution < 1.29 is 18.0 Å². The first-order valence-corrected chi connectivity index (χ1v) is 5.91. The van der Waals surface area contributed by atoms with E-state index in [0.717, 1.165) is 6.92 Å². The first kappa shape index (κ1) is 13.0. The van der Waals surface area contributed by atoms with Gasteiger partial charge >= 0.3 is 6.03 Å². The third kappa shape index (κ3) is 2.53. The number of carbonyl (C=O) groups is 2. The van der Waals surface area contributed by atoms with Crippen LogP contribution in [0.5, 0.6) is 0 Å². The van der Waals surface area contributed by atoms with E-state index >= 15 is 0 Å². The molecule has 92 valence electrons. The lowest BCUT2D eigenvalue weighted by atomic mass is 10.3. The van der Waals surface area contributed by atoms with Crippen LogP contribution < -0.4 is 11.5 Å². The number of benzene rings is 1. The zero-order chi connectivity index (χ0) is 13.2. The highest BCUT2D eigenvalue weighted by Gasteiger charge is 2.31. The Kier molecular flexibility index (Phi) is 3.37. The minimum Gasteiger partial charge on any atom is -0.399 e. The van der Waals surface area contributed by atoms with Gasteiger partial charge < -0.3 is 11.5 Å². The van der Waals surface area contributed by atoms with Crippen LogP contribution in [0.1, 0.15) is 6.92 Å². The lowest BCUT2D eigenvalue weighted by Gasteiger charge is -2.16. The van der Waals surface area contributed by atoms with Crippen molar-refractivity contribution in [2.45, 2.75) is 11.8 Å². The second-order valence-corrected chi connectivity index (χ2v) is 4.98. The molecule has 8 heteroatoms. The number of urea groups is 1. The van der Waals surface area contributed by atoms with Gasteiger partial charge in [0.05, 0.1) is 4.90 Å². The highest BCUT2D eigenvalue weighted by Crippen LogP contribution is 2.17. The monoisotopic (exact) mass is 257 g/mol. The van der Waals surface area contributed by atoms with Gasteiger partial charge in [0.15, 0.2) is 0 Å². The Morgan fingerprint density at radius 3 is 2.00 bits per heavy atom. The first-order valence-electron chi connectivity index (χ1n) is 4.47. The number of nitrogens with zero attached hydrogens (tertiary/aromatic N) is 1. The Morgan fingerprint density at radius 2 is 1.65 bits per heavy atom. The minimum absolute atomic E-state index is 0.00146. The maximum atomic E-state index is 11.9. The van der Waals surface area contributed by atoms with Crippen molar-refractivity contribution in [1.29, 1.82) is 0 Å². The third-order valence-electron chi connectivity index (χ3n) is 1.90. The summed E-state index contributed by atoms with van der Waals surface area (Å²) >= 11 is 0. The lowest BCUT2D eigenvalue weighted by Crippen LogP contribution is -2.43. The number of amides is 3. The number of hydrogen-bond donors (Lipinski definition) is 2. The van der Waals surface area contributed by atoms with E-state index in [2.05, 4.69) is 0 Å². The Balaban J connectivity index is 3.31. The number of hydrogen-bond acceptors (Lipinski definition) is 5. The van der Waals surface area contributed by atoms with E-state index in [9.17, 15) is 18.0 Å². The topological polar surface area (TPSA) is 124 Å². The molecule has 0 aliphatic rings. The largest absolute Gasteiger partial charge is 0.399 e. The summed E-state index contributed by atoms with van der Waals surface area (Å²) in [5.74, 6) is -0.977. The molecule has 0 aliphatic carbocycles. The first-order chi connectivity index (χ1) is 7.76. The molecular formula is C9H11N3O4S. The maximum Gasteiger partial charge on any atom is 0.335 e. The Morgan fingerprint density at radius 1 is 1.18 bits per heavy atom. The van der Waals surface area contributed by atoms with Gasteiger partial charge in [-0.25, -0.2) is 13.2 Å². The summed E-state index contributed by atoms with van der Waals surface area (Å²) in [5.41, 5.74) is 10.6. The van der Waals surface area contributed by atoms with Crippen LogP contribution in [0, 0.1) is 0 Å². The average Bonchev–Trinajstić information content (AvgIpc) is 2.16. The highest BCUT2D eigenvalue weighted by molar-refractivity contribution is 7.90. The van der Waals surface area contributed by atoms with Crippen molar-refractivity contribution in [2.75, 3.05) is 5.73 Å². The number of nitrogen functional groups attached to an aromatic ring is 1. The van der Waals surface area contributed by atoms with Gasteiger partial charge in [0, 0.05) is 12.6 Å². The van der Waals surface area contributed by atoms with E-state index in [1.54, 1.807) is 0 Å². The Labute approximate surface area is 98.0 Å². The van der Waals surface area contributed by atoms with Crippen LogP contribution >= 0.6 is 0 Å². The minimum atomic E-state index is -4.26. The summed E-state index contributed by atoms with van der Waals surface area (Å²) in [6.45, 7) is 0.930. The van der Waals surface area contributed by atoms with E-state index in [1.165, 1.54) is 24.3 Å². The van der Waals surface area contributed by atoms with Crippen molar-refractivity contribution in [3.63, 3.8) is 0 Å². The molecule has 0 bridgehead atoms. The van der Waals surface area contributed by atoms with Gasteiger partial charge in [-0.1, -0.05) is 0 Å². The lowest BCUT2D eigenvalue weighted by molar-refractivity contribution is -0.122. The van der Waals surface area contributed by atoms with Crippen molar-refractivity contribution in [3.8, 4) is 0 Å². The van der Waals surface area contributed by atoms with Gasteiger partial charge in [-0.15, -0.1) is 0 Å². The summed E-state index contributed by atoms with van der Waals surface area (Å²) in [4.78, 5) is 21.8. The number of sulfonamides is 1. The molecule has 0 saturated carbocycles. The smallest absolute Gasteiger partial charge is 0.335 e. The fourth-order valence-corrected chi connectivity index (χ4v) is 2.45. The molecule has 3 amide bonds. The SMILES string of the molecule is CC(=O)N(C(N)=O)S(=O)(=O)c1ccc(N)cc1. The number of anilines is 1. The van der Waals surface area contributed by atoms with Crippen molar-refractivity contribution in [3.05, 3.63) is 24.3 Å². The Hall–Kier alpha value is -2.09. The molecule has 0 heterocycles. The molecule has 0 saturated heterocycles. The standard InChI is InChI=1S/C9H11N3O4S/c1-6(13)12(9(11)14)17(15,16)8-4-2-7(10)3-5-8/h2-5H,10H2,1H3,(H2,11,14). The molecular weight excluding hydrogens is 246 g/mol. The number of primary amides is 1. The van der Waals surface area contributed by atoms with Gasteiger partial charge in [0.2, 0.25) is 5.91 Å². The van der Waals surface area contributed by atoms with E-state index in [0.29, 0.717) is 5.69 Å². The van der Waals surface area contributed by atoms with Crippen LogP contribution in [0.4, 0.5) is 10.5 Å². The fraction of sp³-hybridized carbons (Fsp3) is 0.111. The summed E-state index contributed by atoms with van der Waals surface area (Å²) in [6.07, 6.45) is 0. The van der Waals surface area contributed by atoms with Crippen molar-refractivity contribution in [2.24, 2.45) is 5.73 Å². The molecule has 0 unspecified atom stereocenters. The summed E-state index contributed by atoms with van der Waals surface area (Å²) in [7, 11) is -4.26. The van der Waals surface area contributed by atoms with Gasteiger partial charge in [0.25, 0.3) is 10.0 Å². The molecule has 0 fully saturated rings. The van der Waals surface area contributed by atoms with Crippen molar-refractivity contribution >= 4 is 27.6 Å². The van der Waals surface area contributed by atoms with E-state index in [-0.39, 0.29) is 9.20 Å². The van der Waals surface area contributed by atoms with Gasteiger partial charge in [-0.3, -0.25) is 4.79 Å². The summed E-state index contributed by atoms with van der Waals surface area (Å²) < 4.78 is 23.8. The van der Waals surface area contributed by atoms with Gasteiger partial charge in [0.1, 0.15) is 0 Å². The molecule has 4 N–H and O–H groups in total. The molecule has 0 aromatic heterocycles. The molecule has 17 heavy (non-hydrogen) atoms. The van der Waals surface area contributed by atoms with Crippen LogP contribution in [0.3, 0.4) is 0 Å². The summed E-state index contributed by atoms with van der Waals surface area (Å²) in [5, 5.41) is 0. The van der Waals surface area contributed by atoms with Crippen LogP contribution in [-0.2, 0) is 14.8 Å². The molecule has 0 atom stereocenters. The van der Waals surface area contributed by atoms with Crippen LogP contribution in [-0.4, -0.2) is 24.7 Å². The second kappa shape index (κ2) is 4.42. The highest BCUT2D eigenvalue weighted by atomic mass is 32.2. The van der Waals surface area contributed by atoms with Crippen LogP contribution in [0.2, 0.25) is 0 Å². The normalized spacial score (nSPS) is 10.9. The number of carbonyl (C=O) groups excluding carboxylic acids is 2. The van der Waals surface area contributed by atoms with E-state index < -0.39 is 22.0 Å². The average molecular weight is 257 g/mol. The number of nitrogens with two attached hydrogens (primary N) is 2. The molecule has 1 aromatic carbocycles. The predicted molar refractivity (Wildman–Crippen MR) is 60.1 cm³/mol. The number of rotatable bonds is 2. The molecule has 0 radical (unpaired) electrons. The molecule has 1 rings (SSSR count). The van der Waals surface area contributed by atoms with Gasteiger partial charge in [-0.05, 0) is 24.3 Å². The maximum absolute atomic E-state index is 11.9. The quantitative estimate of drug-likeness (QED) is 0.715. The molecule has 7 nitrogen and oxygen atoms in total. The summed E-state index contributed by atoms with van der Waals surface area (Å²) in [6, 6.07) is 3.69. The molecule has 0 aliphatic heterocycles. The third-order valence-corrected chi connectivity index (χ3v) is 3.69. The van der Waals surface area contributed by atoms with E-state index in [4.69, 9.17) is 11.5 Å². The van der Waals surface area contributed by atoms with E-state index in [1.807, 2.05) is 0 Å². The predicted octanol–water partition coefficient (Wildman–Crippen LogP) is -0.115. The van der Waals surface area contributed by atoms with Crippen LogP contribution in [0.25, 0.3) is 0 Å². The van der Waals surface area contributed by atoms with Crippen molar-refractivity contribution in [1.82, 2.24) is 4.31 Å². The molecule has 0 spiro atoms. The zero-order valence-corrected chi connectivity index (χ0v) is 9.77.